The minimum atomic E-state index is -0.0215. The van der Waals surface area contributed by atoms with E-state index in [4.69, 9.17) is 0 Å². The molecule has 3 nitrogen and oxygen atoms in total. The molecule has 1 rings (SSSR count). The molecule has 0 spiro atoms. The Labute approximate surface area is 83.0 Å². The number of aldehydes is 1. The van der Waals surface area contributed by atoms with Crippen molar-refractivity contribution in [1.82, 2.24) is 0 Å². The topological polar surface area (TPSA) is 57.5 Å². The maximum Gasteiger partial charge on any atom is 0.125 e. The SMILES string of the molecule is Cc1c(O)ccc(C(C)CC=O)c1O. The Bertz CT molecular complexity index is 345. The van der Waals surface area contributed by atoms with Gasteiger partial charge < -0.3 is 15.0 Å². The molecule has 1 aromatic rings. The van der Waals surface area contributed by atoms with E-state index in [0.29, 0.717) is 17.5 Å². The highest BCUT2D eigenvalue weighted by molar-refractivity contribution is 5.55. The smallest absolute Gasteiger partial charge is 0.125 e. The number of phenols is 2. The normalized spacial score (nSPS) is 12.4. The minimum absolute atomic E-state index is 0.0215. The summed E-state index contributed by atoms with van der Waals surface area (Å²) in [4.78, 5) is 10.3. The van der Waals surface area contributed by atoms with Crippen LogP contribution in [0.5, 0.6) is 11.5 Å². The highest BCUT2D eigenvalue weighted by Crippen LogP contribution is 2.34. The van der Waals surface area contributed by atoms with Crippen LogP contribution in [-0.2, 0) is 4.79 Å². The fourth-order valence-corrected chi connectivity index (χ4v) is 1.38. The number of benzene rings is 1. The number of phenolic OH excluding ortho intramolecular Hbond substituents is 2. The molecule has 0 saturated heterocycles. The fourth-order valence-electron chi connectivity index (χ4n) is 1.38. The highest BCUT2D eigenvalue weighted by Gasteiger charge is 2.13. The Hall–Kier alpha value is -1.51. The second-order valence-electron chi connectivity index (χ2n) is 3.45. The molecule has 0 aliphatic rings. The molecule has 0 heterocycles. The maximum absolute atomic E-state index is 10.3. The van der Waals surface area contributed by atoms with Gasteiger partial charge in [0.1, 0.15) is 17.8 Å². The van der Waals surface area contributed by atoms with Gasteiger partial charge in [0.15, 0.2) is 0 Å². The third-order valence-corrected chi connectivity index (χ3v) is 2.41. The van der Waals surface area contributed by atoms with Crippen LogP contribution < -0.4 is 0 Å². The molecule has 0 radical (unpaired) electrons. The molecule has 2 N–H and O–H groups in total. The molecule has 0 amide bonds. The van der Waals surface area contributed by atoms with Crippen molar-refractivity contribution >= 4 is 6.29 Å². The molecule has 1 atom stereocenters. The molecule has 0 fully saturated rings. The van der Waals surface area contributed by atoms with E-state index >= 15 is 0 Å². The van der Waals surface area contributed by atoms with Crippen LogP contribution in [-0.4, -0.2) is 16.5 Å². The van der Waals surface area contributed by atoms with Crippen LogP contribution in [0.4, 0.5) is 0 Å². The molecule has 14 heavy (non-hydrogen) atoms. The lowest BCUT2D eigenvalue weighted by molar-refractivity contribution is -0.108. The van der Waals surface area contributed by atoms with Crippen LogP contribution in [0, 0.1) is 6.92 Å². The zero-order chi connectivity index (χ0) is 10.7. The van der Waals surface area contributed by atoms with Crippen LogP contribution in [0.15, 0.2) is 12.1 Å². The van der Waals surface area contributed by atoms with Gasteiger partial charge in [-0.1, -0.05) is 13.0 Å². The van der Waals surface area contributed by atoms with Crippen molar-refractivity contribution in [2.75, 3.05) is 0 Å². The average Bonchev–Trinajstić information content (AvgIpc) is 2.15. The molecule has 1 unspecified atom stereocenters. The van der Waals surface area contributed by atoms with Crippen LogP contribution >= 0.6 is 0 Å². The van der Waals surface area contributed by atoms with Crippen molar-refractivity contribution in [3.05, 3.63) is 23.3 Å². The summed E-state index contributed by atoms with van der Waals surface area (Å²) in [5.74, 6) is 0.135. The predicted molar refractivity (Wildman–Crippen MR) is 53.6 cm³/mol. The van der Waals surface area contributed by atoms with Gasteiger partial charge in [0.25, 0.3) is 0 Å². The Kier molecular flexibility index (Phi) is 3.12. The summed E-state index contributed by atoms with van der Waals surface area (Å²) in [7, 11) is 0. The zero-order valence-corrected chi connectivity index (χ0v) is 8.32. The van der Waals surface area contributed by atoms with Gasteiger partial charge in [-0.15, -0.1) is 0 Å². The van der Waals surface area contributed by atoms with Gasteiger partial charge in [-0.05, 0) is 24.5 Å². The highest BCUT2D eigenvalue weighted by atomic mass is 16.3. The Morgan fingerprint density at radius 2 is 2.07 bits per heavy atom. The number of rotatable bonds is 3. The van der Waals surface area contributed by atoms with E-state index in [2.05, 4.69) is 0 Å². The zero-order valence-electron chi connectivity index (χ0n) is 8.32. The van der Waals surface area contributed by atoms with E-state index in [1.54, 1.807) is 13.0 Å². The molecule has 0 aliphatic heterocycles. The molecule has 1 aromatic carbocycles. The lowest BCUT2D eigenvalue weighted by atomic mass is 9.95. The van der Waals surface area contributed by atoms with Gasteiger partial charge in [-0.25, -0.2) is 0 Å². The van der Waals surface area contributed by atoms with Crippen molar-refractivity contribution in [2.45, 2.75) is 26.2 Å². The van der Waals surface area contributed by atoms with E-state index in [1.165, 1.54) is 6.07 Å². The molecule has 0 bridgehead atoms. The third kappa shape index (κ3) is 1.87. The minimum Gasteiger partial charge on any atom is -0.508 e. The number of carbonyl (C=O) groups excluding carboxylic acids is 1. The maximum atomic E-state index is 10.3. The molecule has 0 aliphatic carbocycles. The van der Waals surface area contributed by atoms with E-state index in [0.717, 1.165) is 6.29 Å². The predicted octanol–water partition coefficient (Wildman–Crippen LogP) is 2.10. The first-order chi connectivity index (χ1) is 6.57. The lowest BCUT2D eigenvalue weighted by Crippen LogP contribution is -1.96. The Morgan fingerprint density at radius 1 is 1.43 bits per heavy atom. The fraction of sp³-hybridized carbons (Fsp3) is 0.364. The first kappa shape index (κ1) is 10.6. The number of carbonyl (C=O) groups is 1. The van der Waals surface area contributed by atoms with Crippen molar-refractivity contribution in [2.24, 2.45) is 0 Å². The van der Waals surface area contributed by atoms with Crippen molar-refractivity contribution in [1.29, 1.82) is 0 Å². The summed E-state index contributed by atoms with van der Waals surface area (Å²) < 4.78 is 0. The van der Waals surface area contributed by atoms with E-state index < -0.39 is 0 Å². The van der Waals surface area contributed by atoms with Gasteiger partial charge in [0.05, 0.1) is 0 Å². The van der Waals surface area contributed by atoms with E-state index in [-0.39, 0.29) is 17.4 Å². The third-order valence-electron chi connectivity index (χ3n) is 2.41. The molecular weight excluding hydrogens is 180 g/mol. The second-order valence-corrected chi connectivity index (χ2v) is 3.45. The van der Waals surface area contributed by atoms with Crippen LogP contribution in [0.1, 0.15) is 30.4 Å². The second kappa shape index (κ2) is 4.13. The first-order valence-electron chi connectivity index (χ1n) is 4.53. The summed E-state index contributed by atoms with van der Waals surface area (Å²) in [5, 5.41) is 19.0. The summed E-state index contributed by atoms with van der Waals surface area (Å²) in [6.07, 6.45) is 1.20. The van der Waals surface area contributed by atoms with Gasteiger partial charge in [0, 0.05) is 12.0 Å². The quantitative estimate of drug-likeness (QED) is 0.724. The van der Waals surface area contributed by atoms with Crippen molar-refractivity contribution < 1.29 is 15.0 Å². The molecule has 3 heteroatoms. The lowest BCUT2D eigenvalue weighted by Gasteiger charge is -2.13. The van der Waals surface area contributed by atoms with Gasteiger partial charge >= 0.3 is 0 Å². The summed E-state index contributed by atoms with van der Waals surface area (Å²) in [5.41, 5.74) is 1.16. The first-order valence-corrected chi connectivity index (χ1v) is 4.53. The average molecular weight is 194 g/mol. The van der Waals surface area contributed by atoms with E-state index in [9.17, 15) is 15.0 Å². The molecular formula is C11H14O3. The number of hydrogen-bond acceptors (Lipinski definition) is 3. The Morgan fingerprint density at radius 3 is 2.64 bits per heavy atom. The summed E-state index contributed by atoms with van der Waals surface area (Å²) in [6.45, 7) is 3.50. The molecule has 0 saturated carbocycles. The summed E-state index contributed by atoms with van der Waals surface area (Å²) in [6, 6.07) is 3.18. The van der Waals surface area contributed by atoms with E-state index in [1.807, 2.05) is 6.92 Å². The van der Waals surface area contributed by atoms with Crippen LogP contribution in [0.3, 0.4) is 0 Å². The van der Waals surface area contributed by atoms with Crippen molar-refractivity contribution in [3.8, 4) is 11.5 Å². The summed E-state index contributed by atoms with van der Waals surface area (Å²) >= 11 is 0. The molecule has 76 valence electrons. The van der Waals surface area contributed by atoms with Crippen LogP contribution in [0.2, 0.25) is 0 Å². The Balaban J connectivity index is 3.10. The monoisotopic (exact) mass is 194 g/mol. The number of hydrogen-bond donors (Lipinski definition) is 2. The molecule has 0 aromatic heterocycles. The number of aromatic hydroxyl groups is 2. The standard InChI is InChI=1S/C11H14O3/c1-7(5-6-12)9-3-4-10(13)8(2)11(9)14/h3-4,6-7,13-14H,5H2,1-2H3. The van der Waals surface area contributed by atoms with Gasteiger partial charge in [-0.3, -0.25) is 0 Å². The van der Waals surface area contributed by atoms with Crippen LogP contribution in [0.25, 0.3) is 0 Å². The van der Waals surface area contributed by atoms with Gasteiger partial charge in [0.2, 0.25) is 0 Å². The van der Waals surface area contributed by atoms with Gasteiger partial charge in [-0.2, -0.15) is 0 Å². The largest absolute Gasteiger partial charge is 0.508 e. The van der Waals surface area contributed by atoms with Crippen molar-refractivity contribution in [3.63, 3.8) is 0 Å².